The molecule has 0 saturated carbocycles. The van der Waals surface area contributed by atoms with Gasteiger partial charge in [-0.15, -0.1) is 0 Å². The van der Waals surface area contributed by atoms with Crippen LogP contribution in [0.4, 0.5) is 0 Å². The molecule has 4 N–H and O–H groups in total. The Balaban J connectivity index is 0. The van der Waals surface area contributed by atoms with Crippen molar-refractivity contribution < 1.29 is 15.0 Å². The van der Waals surface area contributed by atoms with Crippen molar-refractivity contribution in [1.29, 1.82) is 0 Å². The van der Waals surface area contributed by atoms with Crippen LogP contribution in [0.3, 0.4) is 0 Å². The van der Waals surface area contributed by atoms with E-state index >= 15 is 0 Å². The van der Waals surface area contributed by atoms with Gasteiger partial charge in [-0.05, 0) is 6.92 Å². The molecule has 0 amide bonds. The summed E-state index contributed by atoms with van der Waals surface area (Å²) in [6.45, 7) is 3.63. The summed E-state index contributed by atoms with van der Waals surface area (Å²) in [6, 6.07) is -1.16. The Morgan fingerprint density at radius 2 is 1.16 bits per heavy atom. The van der Waals surface area contributed by atoms with Crippen LogP contribution >= 0.6 is 0 Å². The summed E-state index contributed by atoms with van der Waals surface area (Å²) in [5.74, 6) is -1.18. The van der Waals surface area contributed by atoms with Gasteiger partial charge in [-0.2, -0.15) is 0 Å². The zero-order valence-electron chi connectivity index (χ0n) is 17.1. The molecule has 2 atom stereocenters. The number of aliphatic hydroxyl groups is 1. The number of hydrogen-bond acceptors (Lipinski definition) is 3. The number of aliphatic carboxylic acids is 1. The van der Waals surface area contributed by atoms with Crippen LogP contribution in [0.1, 0.15) is 104 Å². The van der Waals surface area contributed by atoms with Crippen molar-refractivity contribution in [2.75, 3.05) is 0 Å². The number of carbonyl (C=O) groups is 1. The van der Waals surface area contributed by atoms with E-state index in [0.717, 1.165) is 0 Å². The van der Waals surface area contributed by atoms with E-state index in [1.54, 1.807) is 0 Å². The van der Waals surface area contributed by atoms with Gasteiger partial charge in [0.2, 0.25) is 0 Å². The summed E-state index contributed by atoms with van der Waals surface area (Å²) in [7, 11) is 0. The first-order chi connectivity index (χ1) is 12.0. The molecule has 4 nitrogen and oxygen atoms in total. The third kappa shape index (κ3) is 24.4. The molecule has 0 aromatic heterocycles. The van der Waals surface area contributed by atoms with Crippen LogP contribution in [0.2, 0.25) is 3.67 Å². The summed E-state index contributed by atoms with van der Waals surface area (Å²) < 4.78 is 1.51. The monoisotopic (exact) mass is 367 g/mol. The third-order valence-electron chi connectivity index (χ3n) is 4.51. The van der Waals surface area contributed by atoms with Gasteiger partial charge < -0.3 is 15.9 Å². The second kappa shape index (κ2) is 22.4. The van der Waals surface area contributed by atoms with Gasteiger partial charge in [0.25, 0.3) is 0 Å². The van der Waals surface area contributed by atoms with Gasteiger partial charge in [-0.1, -0.05) is 26.2 Å². The maximum atomic E-state index is 9.86. The first-order valence-corrected chi connectivity index (χ1v) is 12.0. The fourth-order valence-electron chi connectivity index (χ4n) is 2.65. The van der Waals surface area contributed by atoms with Crippen molar-refractivity contribution in [2.24, 2.45) is 5.73 Å². The van der Waals surface area contributed by atoms with E-state index in [4.69, 9.17) is 15.9 Å². The summed E-state index contributed by atoms with van der Waals surface area (Å²) >= 11 is 1.41. The molecular formula is C20H42NNaO3. The van der Waals surface area contributed by atoms with Crippen LogP contribution in [0.25, 0.3) is 0 Å². The van der Waals surface area contributed by atoms with Crippen LogP contribution < -0.4 is 5.73 Å². The van der Waals surface area contributed by atoms with E-state index in [0.29, 0.717) is 0 Å². The van der Waals surface area contributed by atoms with Crippen LogP contribution in [-0.2, 0) is 4.79 Å². The van der Waals surface area contributed by atoms with Crippen molar-refractivity contribution >= 4 is 33.9 Å². The van der Waals surface area contributed by atoms with Gasteiger partial charge in [0.15, 0.2) is 0 Å². The second-order valence-electron chi connectivity index (χ2n) is 7.20. The number of carboxylic acids is 1. The summed E-state index contributed by atoms with van der Waals surface area (Å²) in [5.41, 5.74) is 4.91. The number of nitrogens with two attached hydrogens (primary N) is 1. The van der Waals surface area contributed by atoms with Crippen molar-refractivity contribution in [1.82, 2.24) is 0 Å². The summed E-state index contributed by atoms with van der Waals surface area (Å²) in [5, 5.41) is 16.6. The quantitative estimate of drug-likeness (QED) is 0.269. The zero-order chi connectivity index (χ0) is 19.3. The van der Waals surface area contributed by atoms with E-state index in [9.17, 15) is 4.79 Å². The van der Waals surface area contributed by atoms with Crippen molar-refractivity contribution in [3.05, 3.63) is 0 Å². The minimum absolute atomic E-state index is 0.979. The number of hydrogen-bond donors (Lipinski definition) is 3. The Kier molecular flexibility index (Phi) is 24.8. The zero-order valence-corrected chi connectivity index (χ0v) is 19.1. The molecule has 0 aliphatic carbocycles. The Morgan fingerprint density at radius 3 is 1.36 bits per heavy atom. The van der Waals surface area contributed by atoms with E-state index in [1.165, 1.54) is 128 Å². The molecule has 0 aliphatic rings. The molecule has 0 saturated heterocycles. The number of aliphatic hydroxyl groups excluding tert-OH is 1. The van der Waals surface area contributed by atoms with Gasteiger partial charge in [0.1, 0.15) is 6.04 Å². The molecular weight excluding hydrogens is 325 g/mol. The number of unbranched alkanes of at least 4 members (excludes halogenated alkanes) is 13. The molecule has 2 unspecified atom stereocenters. The molecule has 0 radical (unpaired) electrons. The van der Waals surface area contributed by atoms with Crippen molar-refractivity contribution in [3.63, 3.8) is 0 Å². The van der Waals surface area contributed by atoms with Crippen molar-refractivity contribution in [2.45, 2.75) is 120 Å². The predicted molar refractivity (Wildman–Crippen MR) is 108 cm³/mol. The molecule has 0 aromatic rings. The van der Waals surface area contributed by atoms with Gasteiger partial charge in [-0.3, -0.25) is 4.79 Å². The second-order valence-corrected chi connectivity index (χ2v) is 8.20. The number of rotatable bonds is 16. The first-order valence-electron chi connectivity index (χ1n) is 10.6. The average Bonchev–Trinajstić information content (AvgIpc) is 2.58. The maximum absolute atomic E-state index is 9.86. The van der Waals surface area contributed by atoms with Gasteiger partial charge in [0.05, 0.1) is 6.10 Å². The van der Waals surface area contributed by atoms with Gasteiger partial charge in [0, 0.05) is 0 Å². The molecule has 25 heavy (non-hydrogen) atoms. The van der Waals surface area contributed by atoms with E-state index in [-0.39, 0.29) is 0 Å². The Labute approximate surface area is 173 Å². The van der Waals surface area contributed by atoms with Crippen LogP contribution in [0.15, 0.2) is 0 Å². The van der Waals surface area contributed by atoms with Crippen LogP contribution in [0, 0.1) is 0 Å². The molecule has 0 heterocycles. The van der Waals surface area contributed by atoms with Crippen LogP contribution in [-0.4, -0.2) is 56.3 Å². The predicted octanol–water partition coefficient (Wildman–Crippen LogP) is 4.83. The normalized spacial score (nSPS) is 13.0. The summed E-state index contributed by atoms with van der Waals surface area (Å²) in [6.07, 6.45) is 19.7. The third-order valence-corrected chi connectivity index (χ3v) is 5.22. The Hall–Kier alpha value is 0.390. The Morgan fingerprint density at radius 1 is 0.840 bits per heavy atom. The SMILES string of the molecule is CC(O)C(N)C(=O)O.CCCCCCCCCCCCCCC[CH2][Na]. The molecule has 0 spiro atoms. The molecule has 0 fully saturated rings. The topological polar surface area (TPSA) is 83.5 Å². The average molecular weight is 368 g/mol. The molecule has 0 bridgehead atoms. The first kappa shape index (κ1) is 27.6. The fourth-order valence-corrected chi connectivity index (χ4v) is 3.15. The molecule has 0 aliphatic heterocycles. The Bertz CT molecular complexity index is 262. The molecule has 0 aromatic carbocycles. The van der Waals surface area contributed by atoms with Gasteiger partial charge in [-0.25, -0.2) is 0 Å². The fraction of sp³-hybridized carbons (Fsp3) is 0.950. The van der Waals surface area contributed by atoms with E-state index < -0.39 is 18.1 Å². The van der Waals surface area contributed by atoms with E-state index in [2.05, 4.69) is 6.92 Å². The minimum atomic E-state index is -1.18. The molecule has 146 valence electrons. The number of carboxylic acid groups (broad SMARTS) is 1. The molecule has 5 heteroatoms. The summed E-state index contributed by atoms with van der Waals surface area (Å²) in [4.78, 5) is 9.86. The van der Waals surface area contributed by atoms with E-state index in [1.807, 2.05) is 0 Å². The van der Waals surface area contributed by atoms with Crippen LogP contribution in [0.5, 0.6) is 0 Å². The standard InChI is InChI=1S/C16H33.C4H9NO3.Na/c1-3-5-7-9-11-13-15-16-14-12-10-8-6-4-2;1-2(6)3(5)4(7)8;/h1,3-16H2,2H3;2-3,6H,5H2,1H3,(H,7,8);. The van der Waals surface area contributed by atoms with Gasteiger partial charge >= 0.3 is 108 Å². The van der Waals surface area contributed by atoms with Crippen molar-refractivity contribution in [3.8, 4) is 0 Å². The molecule has 0 rings (SSSR count).